The van der Waals surface area contributed by atoms with Crippen molar-refractivity contribution in [1.82, 2.24) is 0 Å². The molecule has 0 aromatic heterocycles. The highest BCUT2D eigenvalue weighted by atomic mass is 79.9. The highest BCUT2D eigenvalue weighted by Gasteiger charge is 2.17. The Morgan fingerprint density at radius 1 is 1.16 bits per heavy atom. The van der Waals surface area contributed by atoms with Crippen LogP contribution in [0.15, 0.2) is 46.9 Å². The number of benzene rings is 2. The summed E-state index contributed by atoms with van der Waals surface area (Å²) in [6, 6.07) is 11.0. The maximum Gasteiger partial charge on any atom is 0.261 e. The number of rotatable bonds is 2. The van der Waals surface area contributed by atoms with Crippen LogP contribution in [0, 0.1) is 0 Å². The van der Waals surface area contributed by atoms with Crippen molar-refractivity contribution < 1.29 is 15.0 Å². The predicted molar refractivity (Wildman–Crippen MR) is 76.6 cm³/mol. The van der Waals surface area contributed by atoms with E-state index in [1.165, 1.54) is 23.1 Å². The third-order valence-electron chi connectivity index (χ3n) is 2.71. The number of phenolic OH excluding ortho intramolecular Hbond substituents is 2. The van der Waals surface area contributed by atoms with Gasteiger partial charge in [-0.05, 0) is 30.3 Å². The van der Waals surface area contributed by atoms with E-state index in [9.17, 15) is 15.0 Å². The summed E-state index contributed by atoms with van der Waals surface area (Å²) in [5.74, 6) is -0.361. The lowest BCUT2D eigenvalue weighted by Gasteiger charge is -2.18. The molecule has 5 heteroatoms. The molecule has 0 aliphatic rings. The molecular weight excluding hydrogens is 310 g/mol. The van der Waals surface area contributed by atoms with Gasteiger partial charge in [0.2, 0.25) is 0 Å². The van der Waals surface area contributed by atoms with Crippen LogP contribution in [0.2, 0.25) is 0 Å². The second-order valence-corrected chi connectivity index (χ2v) is 4.96. The second kappa shape index (κ2) is 5.32. The fourth-order valence-corrected chi connectivity index (χ4v) is 2.04. The summed E-state index contributed by atoms with van der Waals surface area (Å²) >= 11 is 3.26. The lowest BCUT2D eigenvalue weighted by atomic mass is 10.1. The van der Waals surface area contributed by atoms with E-state index in [-0.39, 0.29) is 23.0 Å². The van der Waals surface area contributed by atoms with E-state index in [4.69, 9.17) is 0 Å². The zero-order chi connectivity index (χ0) is 14.0. The summed E-state index contributed by atoms with van der Waals surface area (Å²) < 4.78 is 0.706. The lowest BCUT2D eigenvalue weighted by molar-refractivity contribution is 0.0990. The molecule has 0 heterocycles. The first kappa shape index (κ1) is 13.4. The molecule has 0 saturated carbocycles. The molecule has 0 unspecified atom stereocenters. The number of aromatic hydroxyl groups is 2. The SMILES string of the molecule is CN(C(=O)c1cc(Br)ccc1O)c1cccc(O)c1. The van der Waals surface area contributed by atoms with Gasteiger partial charge in [0.15, 0.2) is 0 Å². The minimum Gasteiger partial charge on any atom is -0.508 e. The number of amides is 1. The van der Waals surface area contributed by atoms with Crippen molar-refractivity contribution in [3.63, 3.8) is 0 Å². The number of carbonyl (C=O) groups is 1. The van der Waals surface area contributed by atoms with E-state index < -0.39 is 0 Å². The van der Waals surface area contributed by atoms with Gasteiger partial charge in [-0.2, -0.15) is 0 Å². The number of halogens is 1. The van der Waals surface area contributed by atoms with Gasteiger partial charge >= 0.3 is 0 Å². The van der Waals surface area contributed by atoms with Gasteiger partial charge in [0.05, 0.1) is 5.56 Å². The van der Waals surface area contributed by atoms with Crippen LogP contribution in [0.3, 0.4) is 0 Å². The molecule has 0 aliphatic heterocycles. The van der Waals surface area contributed by atoms with Crippen molar-refractivity contribution in [2.24, 2.45) is 0 Å². The van der Waals surface area contributed by atoms with Crippen molar-refractivity contribution in [3.8, 4) is 11.5 Å². The van der Waals surface area contributed by atoms with E-state index in [0.717, 1.165) is 0 Å². The number of phenols is 2. The molecule has 0 fully saturated rings. The molecule has 0 spiro atoms. The number of nitrogens with zero attached hydrogens (tertiary/aromatic N) is 1. The molecule has 0 atom stereocenters. The summed E-state index contributed by atoms with van der Waals surface area (Å²) in [6.45, 7) is 0. The molecule has 2 aromatic rings. The maximum atomic E-state index is 12.3. The van der Waals surface area contributed by atoms with Crippen molar-refractivity contribution in [3.05, 3.63) is 52.5 Å². The quantitative estimate of drug-likeness (QED) is 0.893. The van der Waals surface area contributed by atoms with Gasteiger partial charge < -0.3 is 15.1 Å². The molecule has 98 valence electrons. The van der Waals surface area contributed by atoms with Crippen molar-refractivity contribution in [2.45, 2.75) is 0 Å². The van der Waals surface area contributed by atoms with Gasteiger partial charge in [-0.25, -0.2) is 0 Å². The Bertz CT molecular complexity index is 628. The van der Waals surface area contributed by atoms with E-state index in [1.807, 2.05) is 0 Å². The zero-order valence-electron chi connectivity index (χ0n) is 10.2. The van der Waals surface area contributed by atoms with E-state index >= 15 is 0 Å². The molecule has 2 N–H and O–H groups in total. The summed E-state index contributed by atoms with van der Waals surface area (Å²) in [4.78, 5) is 13.7. The van der Waals surface area contributed by atoms with Crippen LogP contribution in [0.4, 0.5) is 5.69 Å². The zero-order valence-corrected chi connectivity index (χ0v) is 11.8. The van der Waals surface area contributed by atoms with Crippen LogP contribution in [0.25, 0.3) is 0 Å². The Labute approximate surface area is 119 Å². The molecule has 19 heavy (non-hydrogen) atoms. The predicted octanol–water partition coefficient (Wildman–Crippen LogP) is 3.14. The average molecular weight is 322 g/mol. The fraction of sp³-hybridized carbons (Fsp3) is 0.0714. The third-order valence-corrected chi connectivity index (χ3v) is 3.20. The van der Waals surface area contributed by atoms with E-state index in [1.54, 1.807) is 31.3 Å². The van der Waals surface area contributed by atoms with Gasteiger partial charge in [0, 0.05) is 23.3 Å². The van der Waals surface area contributed by atoms with Crippen LogP contribution in [-0.2, 0) is 0 Å². The molecule has 0 saturated heterocycles. The Morgan fingerprint density at radius 3 is 2.58 bits per heavy atom. The Kier molecular flexibility index (Phi) is 3.76. The minimum absolute atomic E-state index is 0.0793. The van der Waals surface area contributed by atoms with Gasteiger partial charge in [0.1, 0.15) is 11.5 Å². The van der Waals surface area contributed by atoms with Gasteiger partial charge in [-0.3, -0.25) is 4.79 Å². The second-order valence-electron chi connectivity index (χ2n) is 4.05. The standard InChI is InChI=1S/C14H12BrNO3/c1-16(10-3-2-4-11(17)8-10)14(19)12-7-9(15)5-6-13(12)18/h2-8,17-18H,1H3. The van der Waals surface area contributed by atoms with E-state index in [0.29, 0.717) is 10.2 Å². The third kappa shape index (κ3) is 2.88. The van der Waals surface area contributed by atoms with Crippen LogP contribution < -0.4 is 4.90 Å². The first-order valence-electron chi connectivity index (χ1n) is 5.54. The Balaban J connectivity index is 2.36. The number of carbonyl (C=O) groups excluding carboxylic acids is 1. The first-order valence-corrected chi connectivity index (χ1v) is 6.34. The summed E-state index contributed by atoms with van der Waals surface area (Å²) in [7, 11) is 1.58. The van der Waals surface area contributed by atoms with Gasteiger partial charge in [-0.15, -0.1) is 0 Å². The van der Waals surface area contributed by atoms with Gasteiger partial charge in [0.25, 0.3) is 5.91 Å². The molecular formula is C14H12BrNO3. The van der Waals surface area contributed by atoms with Crippen LogP contribution in [-0.4, -0.2) is 23.2 Å². The van der Waals surface area contributed by atoms with Crippen molar-refractivity contribution in [1.29, 1.82) is 0 Å². The smallest absolute Gasteiger partial charge is 0.261 e. The highest BCUT2D eigenvalue weighted by molar-refractivity contribution is 9.10. The molecule has 2 rings (SSSR count). The largest absolute Gasteiger partial charge is 0.508 e. The Morgan fingerprint density at radius 2 is 1.89 bits per heavy atom. The average Bonchev–Trinajstić information content (AvgIpc) is 2.40. The van der Waals surface area contributed by atoms with Crippen molar-refractivity contribution in [2.75, 3.05) is 11.9 Å². The van der Waals surface area contributed by atoms with Crippen molar-refractivity contribution >= 4 is 27.5 Å². The van der Waals surface area contributed by atoms with Gasteiger partial charge in [-0.1, -0.05) is 22.0 Å². The molecule has 0 aliphatic carbocycles. The number of hydrogen-bond acceptors (Lipinski definition) is 3. The normalized spacial score (nSPS) is 10.2. The molecule has 1 amide bonds. The van der Waals surface area contributed by atoms with E-state index in [2.05, 4.69) is 15.9 Å². The summed E-state index contributed by atoms with van der Waals surface area (Å²) in [5, 5.41) is 19.2. The first-order chi connectivity index (χ1) is 8.99. The fourth-order valence-electron chi connectivity index (χ4n) is 1.68. The van der Waals surface area contributed by atoms with Crippen LogP contribution in [0.1, 0.15) is 10.4 Å². The summed E-state index contributed by atoms with van der Waals surface area (Å²) in [6.07, 6.45) is 0. The molecule has 0 bridgehead atoms. The molecule has 2 aromatic carbocycles. The lowest BCUT2D eigenvalue weighted by Crippen LogP contribution is -2.26. The molecule has 4 nitrogen and oxygen atoms in total. The number of anilines is 1. The molecule has 0 radical (unpaired) electrons. The topological polar surface area (TPSA) is 60.8 Å². The highest BCUT2D eigenvalue weighted by Crippen LogP contribution is 2.26. The van der Waals surface area contributed by atoms with Crippen LogP contribution in [0.5, 0.6) is 11.5 Å². The summed E-state index contributed by atoms with van der Waals surface area (Å²) in [5.41, 5.74) is 0.740. The monoisotopic (exact) mass is 321 g/mol. The maximum absolute atomic E-state index is 12.3. The minimum atomic E-state index is -0.357. The number of hydrogen-bond donors (Lipinski definition) is 2. The Hall–Kier alpha value is -2.01. The van der Waals surface area contributed by atoms with Crippen LogP contribution >= 0.6 is 15.9 Å².